The quantitative estimate of drug-likeness (QED) is 0.688. The van der Waals surface area contributed by atoms with Crippen molar-refractivity contribution in [2.24, 2.45) is 0 Å². The van der Waals surface area contributed by atoms with E-state index in [-0.39, 0.29) is 11.6 Å². The number of alkyl halides is 3. The van der Waals surface area contributed by atoms with E-state index in [0.29, 0.717) is 16.3 Å². The fourth-order valence-electron chi connectivity index (χ4n) is 2.15. The maximum atomic E-state index is 13.2. The molecule has 0 bridgehead atoms. The van der Waals surface area contributed by atoms with E-state index in [4.69, 9.17) is 11.6 Å². The van der Waals surface area contributed by atoms with Gasteiger partial charge in [-0.3, -0.25) is 4.98 Å². The molecular formula is C17H12ClF3N4. The van der Waals surface area contributed by atoms with Gasteiger partial charge in [0, 0.05) is 24.0 Å². The zero-order valence-electron chi connectivity index (χ0n) is 13.0. The normalized spacial score (nSPS) is 11.4. The van der Waals surface area contributed by atoms with E-state index in [1.165, 1.54) is 12.4 Å². The molecule has 0 saturated carbocycles. The first-order chi connectivity index (χ1) is 11.8. The predicted octanol–water partition coefficient (Wildman–Crippen LogP) is 5.26. The van der Waals surface area contributed by atoms with Gasteiger partial charge in [0.15, 0.2) is 11.5 Å². The summed E-state index contributed by atoms with van der Waals surface area (Å²) in [6, 6.07) is 9.22. The third-order valence-corrected chi connectivity index (χ3v) is 3.65. The van der Waals surface area contributed by atoms with Crippen molar-refractivity contribution in [3.63, 3.8) is 0 Å². The average molecular weight is 365 g/mol. The van der Waals surface area contributed by atoms with Crippen molar-refractivity contribution in [2.45, 2.75) is 13.1 Å². The number of rotatable bonds is 3. The third-order valence-electron chi connectivity index (χ3n) is 3.32. The van der Waals surface area contributed by atoms with Gasteiger partial charge in [0.2, 0.25) is 0 Å². The van der Waals surface area contributed by atoms with Crippen LogP contribution in [0.3, 0.4) is 0 Å². The molecule has 0 radical (unpaired) electrons. The van der Waals surface area contributed by atoms with Gasteiger partial charge >= 0.3 is 6.18 Å². The van der Waals surface area contributed by atoms with Crippen molar-refractivity contribution in [3.8, 4) is 11.4 Å². The van der Waals surface area contributed by atoms with Crippen molar-refractivity contribution in [3.05, 3.63) is 65.1 Å². The highest BCUT2D eigenvalue weighted by Gasteiger charge is 2.34. The number of pyridine rings is 1. The molecule has 0 spiro atoms. The molecule has 0 amide bonds. The van der Waals surface area contributed by atoms with Crippen LogP contribution < -0.4 is 5.32 Å². The standard InChI is InChI=1S/C17H12ClF3N4/c1-10-4-5-12(18)13(7-10)23-15-8-14(17(19,20)21)24-16(25-15)11-3-2-6-22-9-11/h2-9H,1H3,(H,23,24,25). The van der Waals surface area contributed by atoms with Crippen LogP contribution >= 0.6 is 11.6 Å². The number of aryl methyl sites for hydroxylation is 1. The average Bonchev–Trinajstić information content (AvgIpc) is 2.58. The van der Waals surface area contributed by atoms with E-state index in [1.54, 1.807) is 30.3 Å². The Labute approximate surface area is 146 Å². The summed E-state index contributed by atoms with van der Waals surface area (Å²) in [4.78, 5) is 11.7. The molecule has 0 atom stereocenters. The van der Waals surface area contributed by atoms with Crippen LogP contribution in [-0.2, 0) is 6.18 Å². The van der Waals surface area contributed by atoms with Gasteiger partial charge in [-0.1, -0.05) is 17.7 Å². The summed E-state index contributed by atoms with van der Waals surface area (Å²) in [5.41, 5.74) is 0.703. The Hall–Kier alpha value is -2.67. The maximum absolute atomic E-state index is 13.2. The lowest BCUT2D eigenvalue weighted by molar-refractivity contribution is -0.141. The molecule has 0 aliphatic heterocycles. The van der Waals surface area contributed by atoms with Gasteiger partial charge in [-0.2, -0.15) is 13.2 Å². The predicted molar refractivity (Wildman–Crippen MR) is 89.7 cm³/mol. The van der Waals surface area contributed by atoms with Crippen LogP contribution in [0.4, 0.5) is 24.7 Å². The fraction of sp³-hybridized carbons (Fsp3) is 0.118. The number of benzene rings is 1. The molecule has 3 aromatic rings. The summed E-state index contributed by atoms with van der Waals surface area (Å²) < 4.78 is 39.6. The molecule has 1 N–H and O–H groups in total. The lowest BCUT2D eigenvalue weighted by Gasteiger charge is -2.13. The number of hydrogen-bond donors (Lipinski definition) is 1. The lowest BCUT2D eigenvalue weighted by Crippen LogP contribution is -2.11. The molecule has 4 nitrogen and oxygen atoms in total. The fourth-order valence-corrected chi connectivity index (χ4v) is 2.32. The molecule has 0 fully saturated rings. The number of anilines is 2. The van der Waals surface area contributed by atoms with Gasteiger partial charge in [-0.05, 0) is 36.8 Å². The Balaban J connectivity index is 2.08. The molecule has 25 heavy (non-hydrogen) atoms. The topological polar surface area (TPSA) is 50.7 Å². The summed E-state index contributed by atoms with van der Waals surface area (Å²) in [6.07, 6.45) is -1.69. The zero-order chi connectivity index (χ0) is 18.0. The van der Waals surface area contributed by atoms with Crippen molar-refractivity contribution < 1.29 is 13.2 Å². The Morgan fingerprint density at radius 1 is 1.08 bits per heavy atom. The van der Waals surface area contributed by atoms with Crippen LogP contribution in [0.15, 0.2) is 48.8 Å². The molecule has 2 heterocycles. The summed E-state index contributed by atoms with van der Waals surface area (Å²) in [7, 11) is 0. The molecule has 3 rings (SSSR count). The number of halogens is 4. The maximum Gasteiger partial charge on any atom is 0.433 e. The monoisotopic (exact) mass is 364 g/mol. The minimum atomic E-state index is -4.60. The van der Waals surface area contributed by atoms with Crippen molar-refractivity contribution in [1.29, 1.82) is 0 Å². The van der Waals surface area contributed by atoms with Crippen LogP contribution in [-0.4, -0.2) is 15.0 Å². The molecule has 1 aromatic carbocycles. The summed E-state index contributed by atoms with van der Waals surface area (Å²) in [6.45, 7) is 1.85. The van der Waals surface area contributed by atoms with Gasteiger partial charge in [0.1, 0.15) is 5.82 Å². The van der Waals surface area contributed by atoms with E-state index in [1.807, 2.05) is 6.92 Å². The molecular weight excluding hydrogens is 353 g/mol. The first kappa shape index (κ1) is 17.2. The van der Waals surface area contributed by atoms with Gasteiger partial charge in [-0.25, -0.2) is 9.97 Å². The van der Waals surface area contributed by atoms with Crippen LogP contribution in [0.25, 0.3) is 11.4 Å². The van der Waals surface area contributed by atoms with E-state index < -0.39 is 11.9 Å². The summed E-state index contributed by atoms with van der Waals surface area (Å²) in [5, 5.41) is 3.21. The Bertz CT molecular complexity index is 898. The first-order valence-corrected chi connectivity index (χ1v) is 7.60. The van der Waals surface area contributed by atoms with E-state index >= 15 is 0 Å². The van der Waals surface area contributed by atoms with E-state index in [9.17, 15) is 13.2 Å². The second-order valence-electron chi connectivity index (χ2n) is 5.31. The van der Waals surface area contributed by atoms with Crippen LogP contribution in [0.5, 0.6) is 0 Å². The lowest BCUT2D eigenvalue weighted by atomic mass is 10.2. The largest absolute Gasteiger partial charge is 0.433 e. The highest BCUT2D eigenvalue weighted by molar-refractivity contribution is 6.33. The third kappa shape index (κ3) is 4.06. The molecule has 0 saturated heterocycles. The van der Waals surface area contributed by atoms with Crippen molar-refractivity contribution >= 4 is 23.1 Å². The highest BCUT2D eigenvalue weighted by atomic mass is 35.5. The van der Waals surface area contributed by atoms with Crippen LogP contribution in [0.1, 0.15) is 11.3 Å². The second kappa shape index (κ2) is 6.68. The minimum Gasteiger partial charge on any atom is -0.339 e. The van der Waals surface area contributed by atoms with E-state index in [0.717, 1.165) is 11.6 Å². The molecule has 0 aliphatic carbocycles. The number of nitrogens with one attached hydrogen (secondary N) is 1. The van der Waals surface area contributed by atoms with E-state index in [2.05, 4.69) is 20.3 Å². The Kier molecular flexibility index (Phi) is 4.59. The number of nitrogens with zero attached hydrogens (tertiary/aromatic N) is 3. The molecule has 8 heteroatoms. The molecule has 0 unspecified atom stereocenters. The molecule has 128 valence electrons. The summed E-state index contributed by atoms with van der Waals surface area (Å²) >= 11 is 6.09. The molecule has 2 aromatic heterocycles. The zero-order valence-corrected chi connectivity index (χ0v) is 13.7. The van der Waals surface area contributed by atoms with Gasteiger partial charge in [0.05, 0.1) is 10.7 Å². The minimum absolute atomic E-state index is 0.00585. The summed E-state index contributed by atoms with van der Waals surface area (Å²) in [5.74, 6) is -0.0807. The van der Waals surface area contributed by atoms with Gasteiger partial charge < -0.3 is 5.32 Å². The first-order valence-electron chi connectivity index (χ1n) is 7.23. The Morgan fingerprint density at radius 3 is 2.56 bits per heavy atom. The van der Waals surface area contributed by atoms with Gasteiger partial charge in [0.25, 0.3) is 0 Å². The van der Waals surface area contributed by atoms with Gasteiger partial charge in [-0.15, -0.1) is 0 Å². The SMILES string of the molecule is Cc1ccc(Cl)c(Nc2cc(C(F)(F)F)nc(-c3cccnc3)n2)c1. The second-order valence-corrected chi connectivity index (χ2v) is 5.72. The van der Waals surface area contributed by atoms with Crippen LogP contribution in [0, 0.1) is 6.92 Å². The number of aromatic nitrogens is 3. The Morgan fingerprint density at radius 2 is 1.88 bits per heavy atom. The number of hydrogen-bond acceptors (Lipinski definition) is 4. The van der Waals surface area contributed by atoms with Crippen LogP contribution in [0.2, 0.25) is 5.02 Å². The molecule has 0 aliphatic rings. The van der Waals surface area contributed by atoms with Crippen molar-refractivity contribution in [1.82, 2.24) is 15.0 Å². The smallest absolute Gasteiger partial charge is 0.339 e. The highest BCUT2D eigenvalue weighted by Crippen LogP contribution is 2.32. The van der Waals surface area contributed by atoms with Crippen molar-refractivity contribution in [2.75, 3.05) is 5.32 Å².